The fourth-order valence-corrected chi connectivity index (χ4v) is 3.86. The van der Waals surface area contributed by atoms with Gasteiger partial charge in [-0.25, -0.2) is 4.79 Å². The van der Waals surface area contributed by atoms with Crippen molar-refractivity contribution in [1.29, 1.82) is 0 Å². The zero-order valence-electron chi connectivity index (χ0n) is 15.6. The van der Waals surface area contributed by atoms with Gasteiger partial charge in [0.2, 0.25) is 0 Å². The highest BCUT2D eigenvalue weighted by Gasteiger charge is 2.30. The topological polar surface area (TPSA) is 55.4 Å². The lowest BCUT2D eigenvalue weighted by molar-refractivity contribution is -0.147. The van der Waals surface area contributed by atoms with Gasteiger partial charge in [-0.3, -0.25) is 4.79 Å². The second-order valence-electron chi connectivity index (χ2n) is 6.17. The molecule has 30 heavy (non-hydrogen) atoms. The summed E-state index contributed by atoms with van der Waals surface area (Å²) in [6, 6.07) is 11.5. The van der Waals surface area contributed by atoms with Gasteiger partial charge in [0.1, 0.15) is 0 Å². The Morgan fingerprint density at radius 3 is 2.43 bits per heavy atom. The van der Waals surface area contributed by atoms with Gasteiger partial charge in [-0.05, 0) is 54.1 Å². The third-order valence-electron chi connectivity index (χ3n) is 3.95. The molecule has 1 atom stereocenters. The summed E-state index contributed by atoms with van der Waals surface area (Å²) in [4.78, 5) is 26.6. The van der Waals surface area contributed by atoms with Gasteiger partial charge in [0.05, 0.1) is 11.1 Å². The van der Waals surface area contributed by atoms with E-state index >= 15 is 0 Å². The number of hydrogen-bond acceptors (Lipinski definition) is 5. The number of alkyl halides is 3. The summed E-state index contributed by atoms with van der Waals surface area (Å²) >= 11 is 2.80. The number of hydrogen-bond donors (Lipinski definition) is 1. The Morgan fingerprint density at radius 2 is 1.80 bits per heavy atom. The molecule has 0 bridgehead atoms. The minimum atomic E-state index is -4.53. The van der Waals surface area contributed by atoms with Gasteiger partial charge in [-0.1, -0.05) is 18.2 Å². The summed E-state index contributed by atoms with van der Waals surface area (Å²) in [6.45, 7) is 1.36. The molecule has 0 aliphatic heterocycles. The highest BCUT2D eigenvalue weighted by atomic mass is 32.1. The standard InChI is InChI=1S/C21H16F3NO3S2/c1-13(19(26)25-15-6-2-5-14(11-15)21(22,23)24)28-20(27)17(18-8-4-10-30-18)12-16-7-3-9-29-16/h2-13H,1H3,(H,25,26)/b17-12+/t13-/m1/s1. The molecule has 0 radical (unpaired) electrons. The Hall–Kier alpha value is -2.91. The van der Waals surface area contributed by atoms with Crippen molar-refractivity contribution in [2.75, 3.05) is 5.32 Å². The van der Waals surface area contributed by atoms with E-state index in [9.17, 15) is 22.8 Å². The van der Waals surface area contributed by atoms with Gasteiger partial charge < -0.3 is 10.1 Å². The molecule has 0 fully saturated rings. The van der Waals surface area contributed by atoms with Gasteiger partial charge in [0.25, 0.3) is 5.91 Å². The molecular formula is C21H16F3NO3S2. The average Bonchev–Trinajstić information content (AvgIpc) is 3.39. The fourth-order valence-electron chi connectivity index (χ4n) is 2.47. The van der Waals surface area contributed by atoms with Crippen LogP contribution in [0.4, 0.5) is 18.9 Å². The molecule has 0 saturated heterocycles. The molecule has 2 heterocycles. The third-order valence-corrected chi connectivity index (χ3v) is 5.67. The zero-order valence-corrected chi connectivity index (χ0v) is 17.2. The van der Waals surface area contributed by atoms with Crippen LogP contribution in [0.1, 0.15) is 22.2 Å². The number of rotatable bonds is 6. The highest BCUT2D eigenvalue weighted by molar-refractivity contribution is 7.12. The van der Waals surface area contributed by atoms with Crippen LogP contribution < -0.4 is 5.32 Å². The zero-order chi connectivity index (χ0) is 21.7. The molecule has 156 valence electrons. The van der Waals surface area contributed by atoms with Crippen LogP contribution in [0, 0.1) is 0 Å². The maximum absolute atomic E-state index is 12.8. The van der Waals surface area contributed by atoms with Crippen LogP contribution >= 0.6 is 22.7 Å². The van der Waals surface area contributed by atoms with E-state index in [4.69, 9.17) is 4.74 Å². The molecular weight excluding hydrogens is 435 g/mol. The number of ether oxygens (including phenoxy) is 1. The summed E-state index contributed by atoms with van der Waals surface area (Å²) in [5.74, 6) is -1.43. The summed E-state index contributed by atoms with van der Waals surface area (Å²) in [6.07, 6.45) is -4.06. The van der Waals surface area contributed by atoms with E-state index in [2.05, 4.69) is 5.32 Å². The van der Waals surface area contributed by atoms with E-state index in [0.29, 0.717) is 10.5 Å². The maximum atomic E-state index is 12.8. The Balaban J connectivity index is 1.71. The van der Waals surface area contributed by atoms with E-state index in [1.54, 1.807) is 18.2 Å². The molecule has 0 unspecified atom stereocenters. The number of benzene rings is 1. The molecule has 9 heteroatoms. The summed E-state index contributed by atoms with van der Waals surface area (Å²) < 4.78 is 43.8. The van der Waals surface area contributed by atoms with Crippen LogP contribution in [0.3, 0.4) is 0 Å². The molecule has 3 rings (SSSR count). The van der Waals surface area contributed by atoms with Crippen molar-refractivity contribution < 1.29 is 27.5 Å². The second-order valence-corrected chi connectivity index (χ2v) is 8.09. The minimum Gasteiger partial charge on any atom is -0.449 e. The molecule has 0 aliphatic carbocycles. The second kappa shape index (κ2) is 9.27. The lowest BCUT2D eigenvalue weighted by atomic mass is 10.2. The Bertz CT molecular complexity index is 1040. The average molecular weight is 451 g/mol. The first kappa shape index (κ1) is 21.8. The predicted octanol–water partition coefficient (Wildman–Crippen LogP) is 5.94. The quantitative estimate of drug-likeness (QED) is 0.373. The Morgan fingerprint density at radius 1 is 1.07 bits per heavy atom. The number of carbonyl (C=O) groups excluding carboxylic acids is 2. The van der Waals surface area contributed by atoms with Crippen LogP contribution in [0.25, 0.3) is 11.6 Å². The fraction of sp³-hybridized carbons (Fsp3) is 0.143. The molecule has 2 aromatic heterocycles. The Kier molecular flexibility index (Phi) is 6.73. The van der Waals surface area contributed by atoms with Gasteiger partial charge >= 0.3 is 12.1 Å². The van der Waals surface area contributed by atoms with E-state index in [-0.39, 0.29) is 5.69 Å². The first-order chi connectivity index (χ1) is 14.2. The molecule has 0 aliphatic rings. The molecule has 0 spiro atoms. The van der Waals surface area contributed by atoms with E-state index in [1.807, 2.05) is 22.9 Å². The molecule has 1 aromatic carbocycles. The van der Waals surface area contributed by atoms with Crippen LogP contribution in [0.2, 0.25) is 0 Å². The monoisotopic (exact) mass is 451 g/mol. The molecule has 4 nitrogen and oxygen atoms in total. The van der Waals surface area contributed by atoms with Crippen LogP contribution in [0.15, 0.2) is 59.3 Å². The molecule has 0 saturated carbocycles. The number of anilines is 1. The van der Waals surface area contributed by atoms with Gasteiger partial charge in [-0.2, -0.15) is 13.2 Å². The number of carbonyl (C=O) groups is 2. The number of amides is 1. The molecule has 1 amide bonds. The van der Waals surface area contributed by atoms with Crippen molar-refractivity contribution in [3.8, 4) is 0 Å². The van der Waals surface area contributed by atoms with Crippen molar-refractivity contribution >= 4 is 51.9 Å². The van der Waals surface area contributed by atoms with Gasteiger partial charge in [0, 0.05) is 15.4 Å². The molecule has 3 aromatic rings. The maximum Gasteiger partial charge on any atom is 0.416 e. The smallest absolute Gasteiger partial charge is 0.416 e. The van der Waals surface area contributed by atoms with Crippen molar-refractivity contribution in [1.82, 2.24) is 0 Å². The number of esters is 1. The first-order valence-corrected chi connectivity index (χ1v) is 10.5. The van der Waals surface area contributed by atoms with Gasteiger partial charge in [0.15, 0.2) is 6.10 Å². The van der Waals surface area contributed by atoms with Crippen molar-refractivity contribution in [3.63, 3.8) is 0 Å². The van der Waals surface area contributed by atoms with Crippen LogP contribution in [-0.2, 0) is 20.5 Å². The number of nitrogens with one attached hydrogen (secondary N) is 1. The van der Waals surface area contributed by atoms with Gasteiger partial charge in [-0.15, -0.1) is 22.7 Å². The third kappa shape index (κ3) is 5.58. The highest BCUT2D eigenvalue weighted by Crippen LogP contribution is 2.31. The summed E-state index contributed by atoms with van der Waals surface area (Å²) in [7, 11) is 0. The van der Waals surface area contributed by atoms with Crippen LogP contribution in [-0.4, -0.2) is 18.0 Å². The van der Waals surface area contributed by atoms with Crippen molar-refractivity contribution in [3.05, 3.63) is 74.6 Å². The van der Waals surface area contributed by atoms with E-state index < -0.39 is 29.7 Å². The summed E-state index contributed by atoms with van der Waals surface area (Å²) in [5, 5.41) is 6.03. The summed E-state index contributed by atoms with van der Waals surface area (Å²) in [5.41, 5.74) is -0.625. The SMILES string of the molecule is C[C@@H](OC(=O)/C(=C/c1cccs1)c1cccs1)C(=O)Nc1cccc(C(F)(F)F)c1. The minimum absolute atomic E-state index is 0.0367. The number of thiophene rings is 2. The van der Waals surface area contributed by atoms with Crippen LogP contribution in [0.5, 0.6) is 0 Å². The number of halogens is 3. The molecule has 1 N–H and O–H groups in total. The normalized spacial score (nSPS) is 13.0. The first-order valence-electron chi connectivity index (χ1n) is 8.72. The lowest BCUT2D eigenvalue weighted by Gasteiger charge is -2.15. The lowest BCUT2D eigenvalue weighted by Crippen LogP contribution is -2.30. The van der Waals surface area contributed by atoms with Crippen molar-refractivity contribution in [2.45, 2.75) is 19.2 Å². The van der Waals surface area contributed by atoms with Crippen molar-refractivity contribution in [2.24, 2.45) is 0 Å². The van der Waals surface area contributed by atoms with E-state index in [0.717, 1.165) is 17.0 Å². The predicted molar refractivity (Wildman–Crippen MR) is 112 cm³/mol. The largest absolute Gasteiger partial charge is 0.449 e. The van der Waals surface area contributed by atoms with E-state index in [1.165, 1.54) is 41.7 Å². The Labute approximate surface area is 178 Å².